The van der Waals surface area contributed by atoms with E-state index in [1.54, 1.807) is 55.4 Å². The van der Waals surface area contributed by atoms with Gasteiger partial charge >= 0.3 is 17.9 Å². The monoisotopic (exact) mass is 1530 g/mol. The lowest BCUT2D eigenvalue weighted by atomic mass is 9.98. The van der Waals surface area contributed by atoms with Crippen molar-refractivity contribution in [3.63, 3.8) is 0 Å². The van der Waals surface area contributed by atoms with Crippen LogP contribution in [-0.4, -0.2) is 217 Å². The molecule has 0 fully saturated rings. The first kappa shape index (κ1) is 95.4. The van der Waals surface area contributed by atoms with Crippen LogP contribution in [-0.2, 0) is 87.9 Å². The van der Waals surface area contributed by atoms with E-state index in [0.29, 0.717) is 5.69 Å². The van der Waals surface area contributed by atoms with Gasteiger partial charge in [0.2, 0.25) is 82.7 Å². The molecule has 1 aromatic rings. The molecule has 1 rings (SSSR count). The van der Waals surface area contributed by atoms with Gasteiger partial charge in [-0.15, -0.1) is 0 Å². The zero-order valence-electron chi connectivity index (χ0n) is 63.8. The van der Waals surface area contributed by atoms with Crippen LogP contribution in [0.1, 0.15) is 179 Å². The van der Waals surface area contributed by atoms with E-state index >= 15 is 0 Å². The molecule has 0 aliphatic heterocycles. The van der Waals surface area contributed by atoms with E-state index in [4.69, 9.17) is 28.7 Å². The Labute approximate surface area is 627 Å². The highest BCUT2D eigenvalue weighted by Crippen LogP contribution is 2.16. The number of aliphatic imine (C=N–C) groups is 1. The number of nitrogens with one attached hydrogen (secondary N) is 13. The molecule has 14 amide bonds. The highest BCUT2D eigenvalue weighted by molar-refractivity contribution is 6.00. The zero-order valence-corrected chi connectivity index (χ0v) is 63.8. The van der Waals surface area contributed by atoms with Crippen LogP contribution in [0, 0.1) is 35.5 Å². The number of carbonyl (C=O) groups excluding carboxylic acids is 14. The lowest BCUT2D eigenvalue weighted by molar-refractivity contribution is -0.143. The molecule has 1 aromatic heterocycles. The molecule has 0 radical (unpaired) electrons. The van der Waals surface area contributed by atoms with Crippen LogP contribution < -0.4 is 92.5 Å². The maximum Gasteiger partial charge on any atom is 0.326 e. The van der Waals surface area contributed by atoms with Gasteiger partial charge in [-0.2, -0.15) is 0 Å². The minimum atomic E-state index is -2.18. The van der Waals surface area contributed by atoms with Crippen LogP contribution in [0.15, 0.2) is 17.5 Å². The fourth-order valence-electron chi connectivity index (χ4n) is 10.6. The number of H-pyrrole nitrogens is 1. The summed E-state index contributed by atoms with van der Waals surface area (Å²) in [4.78, 5) is 240. The number of carboxylic acids is 3. The van der Waals surface area contributed by atoms with Gasteiger partial charge in [0.05, 0.1) is 18.8 Å². The summed E-state index contributed by atoms with van der Waals surface area (Å²) in [5.41, 5.74) is 28.3. The Bertz CT molecular complexity index is 3270. The van der Waals surface area contributed by atoms with Crippen LogP contribution in [0.3, 0.4) is 0 Å². The second kappa shape index (κ2) is 47.9. The van der Waals surface area contributed by atoms with Gasteiger partial charge in [-0.05, 0) is 100 Å². The van der Waals surface area contributed by atoms with Crippen molar-refractivity contribution in [2.45, 2.75) is 258 Å². The van der Waals surface area contributed by atoms with Gasteiger partial charge < -0.3 is 113 Å². The molecule has 0 aromatic carbocycles. The van der Waals surface area contributed by atoms with E-state index in [2.05, 4.69) is 78.8 Å². The summed E-state index contributed by atoms with van der Waals surface area (Å²) in [5, 5.41) is 59.2. The first-order chi connectivity index (χ1) is 50.2. The molecule has 0 saturated carbocycles. The molecule has 108 heavy (non-hydrogen) atoms. The topological polar surface area (TPSA) is 666 Å². The van der Waals surface area contributed by atoms with Crippen molar-refractivity contribution >= 4 is 107 Å². The third-order valence-electron chi connectivity index (χ3n) is 16.5. The number of amides is 14. The quantitative estimate of drug-likeness (QED) is 0.0166. The van der Waals surface area contributed by atoms with Gasteiger partial charge in [-0.1, -0.05) is 83.1 Å². The summed E-state index contributed by atoms with van der Waals surface area (Å²) in [7, 11) is 0. The van der Waals surface area contributed by atoms with Gasteiger partial charge in [-0.25, -0.2) is 9.78 Å². The van der Waals surface area contributed by atoms with Crippen molar-refractivity contribution in [1.82, 2.24) is 73.8 Å². The predicted octanol–water partition coefficient (Wildman–Crippen LogP) is -4.38. The second-order valence-corrected chi connectivity index (χ2v) is 29.0. The summed E-state index contributed by atoms with van der Waals surface area (Å²) in [6, 6.07) is -19.9. The Hall–Kier alpha value is -10.6. The van der Waals surface area contributed by atoms with Crippen LogP contribution in [0.4, 0.5) is 0 Å². The molecule has 40 heteroatoms. The van der Waals surface area contributed by atoms with Crippen LogP contribution in [0.2, 0.25) is 0 Å². The minimum absolute atomic E-state index is 0.0294. The van der Waals surface area contributed by atoms with Crippen LogP contribution in [0.25, 0.3) is 0 Å². The van der Waals surface area contributed by atoms with E-state index in [1.807, 2.05) is 13.8 Å². The van der Waals surface area contributed by atoms with Gasteiger partial charge in [0.1, 0.15) is 72.5 Å². The van der Waals surface area contributed by atoms with Crippen molar-refractivity contribution in [2.75, 3.05) is 6.54 Å². The molecule has 0 unspecified atom stereocenters. The van der Waals surface area contributed by atoms with Gasteiger partial charge in [0.25, 0.3) is 0 Å². The number of imidazole rings is 1. The molecular weight excluding hydrogens is 1420 g/mol. The number of rotatable bonds is 52. The fourth-order valence-corrected chi connectivity index (χ4v) is 10.6. The number of primary amides is 2. The zero-order chi connectivity index (χ0) is 82.6. The number of aromatic amines is 1. The third-order valence-corrected chi connectivity index (χ3v) is 16.5. The smallest absolute Gasteiger partial charge is 0.326 e. The molecule has 0 aliphatic carbocycles. The molecule has 40 nitrogen and oxygen atoms in total. The number of carboxylic acid groups (broad SMARTS) is 3. The van der Waals surface area contributed by atoms with E-state index in [0.717, 1.165) is 0 Å². The van der Waals surface area contributed by atoms with Crippen LogP contribution in [0.5, 0.6) is 0 Å². The van der Waals surface area contributed by atoms with E-state index in [9.17, 15) is 96.8 Å². The lowest BCUT2D eigenvalue weighted by Gasteiger charge is -2.29. The molecular formula is C68H116N20O20. The Morgan fingerprint density at radius 2 is 0.741 bits per heavy atom. The van der Waals surface area contributed by atoms with Gasteiger partial charge in [0, 0.05) is 44.1 Å². The number of nitrogens with zero attached hydrogens (tertiary/aromatic N) is 2. The van der Waals surface area contributed by atoms with Crippen LogP contribution >= 0.6 is 0 Å². The van der Waals surface area contributed by atoms with E-state index in [-0.39, 0.29) is 81.1 Å². The Kier molecular flexibility index (Phi) is 42.3. The number of nitrogens with two attached hydrogens (primary N) is 5. The summed E-state index contributed by atoms with van der Waals surface area (Å²) in [6.45, 7) is 21.8. The van der Waals surface area contributed by atoms with Crippen molar-refractivity contribution in [2.24, 2.45) is 69.2 Å². The maximum atomic E-state index is 14.5. The number of aromatic nitrogens is 2. The molecule has 0 bridgehead atoms. The summed E-state index contributed by atoms with van der Waals surface area (Å²) in [6.07, 6.45) is -2.93. The highest BCUT2D eigenvalue weighted by Gasteiger charge is 2.39. The van der Waals surface area contributed by atoms with Crippen molar-refractivity contribution in [3.05, 3.63) is 18.2 Å². The number of carbonyl (C=O) groups is 17. The average Bonchev–Trinajstić information content (AvgIpc) is 0.965. The Morgan fingerprint density at radius 3 is 1.09 bits per heavy atom. The van der Waals surface area contributed by atoms with Gasteiger partial charge in [-0.3, -0.25) is 81.7 Å². The molecule has 1 heterocycles. The average molecular weight is 1530 g/mol. The highest BCUT2D eigenvalue weighted by atomic mass is 16.4. The first-order valence-corrected chi connectivity index (χ1v) is 35.9. The lowest BCUT2D eigenvalue weighted by Crippen LogP contribution is -2.61. The molecule has 0 aliphatic rings. The number of aliphatic carboxylic acids is 3. The summed E-state index contributed by atoms with van der Waals surface area (Å²) >= 11 is 0. The number of hydrogen-bond acceptors (Lipinski definition) is 20. The van der Waals surface area contributed by atoms with E-state index < -0.39 is 236 Å². The van der Waals surface area contributed by atoms with Crippen molar-refractivity contribution in [3.8, 4) is 0 Å². The fraction of sp³-hybridized carbons (Fsp3) is 0.691. The number of hydrogen-bond donors (Lipinski definition) is 21. The maximum absolute atomic E-state index is 14.5. The Balaban J connectivity index is 3.68. The number of guanidine groups is 1. The predicted molar refractivity (Wildman–Crippen MR) is 390 cm³/mol. The molecule has 608 valence electrons. The summed E-state index contributed by atoms with van der Waals surface area (Å²) < 4.78 is 0. The van der Waals surface area contributed by atoms with Gasteiger partial charge in [0.15, 0.2) is 5.96 Å². The normalized spacial score (nSPS) is 14.9. The van der Waals surface area contributed by atoms with E-state index in [1.165, 1.54) is 33.3 Å². The molecule has 0 saturated heterocycles. The third kappa shape index (κ3) is 37.6. The Morgan fingerprint density at radius 1 is 0.398 bits per heavy atom. The molecule has 13 atom stereocenters. The first-order valence-electron chi connectivity index (χ1n) is 35.9. The van der Waals surface area contributed by atoms with Crippen molar-refractivity contribution in [1.29, 1.82) is 0 Å². The SMILES string of the molecule is CC(C)C[C@H](NC(=O)[C@H](CC(C)C)NC(=O)[C@@H](N)C(C)C)C(=O)N[C@@H](C)C(=O)N[C@@H](CCCN=C(N)N)C(=O)N[C@@H](CC(C)C)C(=O)N[C@@H](CC(C)C)C(=O)N[C@@H](CCC(=O)O)C(=O)N[C@@H](CC(=O)O)C(=O)N[C@@H](CCC(N)=O)C(=O)N[C@@H](CCC(N)=O)C(=O)N[C@H](C(=O)N[C@@H](Cc1cnc[nH]1)C(=O)O)C(C)C. The largest absolute Gasteiger partial charge is 0.481 e. The second-order valence-electron chi connectivity index (χ2n) is 29.0. The van der Waals surface area contributed by atoms with Crippen molar-refractivity contribution < 1.29 is 96.8 Å². The molecule has 26 N–H and O–H groups in total. The standard InChI is InChI=1S/C68H116N20O20/c1-31(2)23-43(83-63(103)46(26-34(7)8)86-65(105)53(71)35(9)10)60(100)77-37(13)55(95)78-39(15-14-22-75-68(72)73)56(96)82-45(25-33(5)6)62(102)84-44(24-32(3)4)61(101)81-42(18-21-51(91)92)58(98)85-47(28-52(93)94)64(104)80-40(16-19-49(69)89)57(97)79-41(17-20-50(70)90)59(99)88-54(36(11)12)66(106)87-48(67(107)108)27-38-29-74-30-76-38/h29-37,39-48,53-54H,14-28,71H2,1-13H3,(H2,69,89)(H2,70,90)(H,74,76)(H,77,100)(H,78,95)(H,79,97)(H,80,104)(H,81,101)(H,82,96)(H,83,103)(H,84,102)(H,85,98)(H,86,105)(H,87,106)(H,88,99)(H,91,92)(H,93,94)(H,107,108)(H4,72,73,75)/t37-,39-,40-,41-,42-,43-,44-,45-,46-,47-,48-,53-,54-/m0/s1. The molecule has 0 spiro atoms. The minimum Gasteiger partial charge on any atom is -0.481 e. The summed E-state index contributed by atoms with van der Waals surface area (Å²) in [5.74, 6) is -21.0.